The number of benzene rings is 2. The van der Waals surface area contributed by atoms with Crippen LogP contribution in [-0.4, -0.2) is 17.1 Å². The average Bonchev–Trinajstić information content (AvgIpc) is 2.57. The van der Waals surface area contributed by atoms with Crippen molar-refractivity contribution in [3.8, 4) is 5.75 Å². The molecule has 0 radical (unpaired) electrons. The molecule has 0 amide bonds. The molecule has 2 aromatic carbocycles. The van der Waals surface area contributed by atoms with Gasteiger partial charge in [0, 0.05) is 17.1 Å². The predicted octanol–water partition coefficient (Wildman–Crippen LogP) is 4.51. The van der Waals surface area contributed by atoms with Gasteiger partial charge < -0.3 is 15.2 Å². The van der Waals surface area contributed by atoms with E-state index < -0.39 is 12.0 Å². The van der Waals surface area contributed by atoms with Crippen LogP contribution in [0.5, 0.6) is 5.75 Å². The summed E-state index contributed by atoms with van der Waals surface area (Å²) in [4.78, 5) is 11.4. The third kappa shape index (κ3) is 6.40. The number of carboxylic acids is 1. The Bertz CT molecular complexity index is 703. The molecule has 1 atom stereocenters. The lowest BCUT2D eigenvalue weighted by molar-refractivity contribution is -0.140. The lowest BCUT2D eigenvalue weighted by atomic mass is 10.0. The van der Waals surface area contributed by atoms with Gasteiger partial charge in [-0.15, -0.1) is 0 Å². The highest BCUT2D eigenvalue weighted by atomic mass is 35.5. The Labute approximate surface area is 153 Å². The first-order valence-electron chi connectivity index (χ1n) is 8.37. The van der Waals surface area contributed by atoms with Crippen LogP contribution >= 0.6 is 11.6 Å². The number of rotatable bonds is 9. The number of para-hydroxylation sites is 1. The zero-order valence-corrected chi connectivity index (χ0v) is 15.3. The minimum Gasteiger partial charge on any atom is -0.489 e. The van der Waals surface area contributed by atoms with E-state index in [0.29, 0.717) is 30.5 Å². The Balaban J connectivity index is 2.00. The molecule has 0 bridgehead atoms. The molecule has 0 fully saturated rings. The summed E-state index contributed by atoms with van der Waals surface area (Å²) < 4.78 is 5.91. The number of carbonyl (C=O) groups is 1. The van der Waals surface area contributed by atoms with E-state index in [1.54, 1.807) is 0 Å². The largest absolute Gasteiger partial charge is 0.489 e. The molecule has 0 heterocycles. The van der Waals surface area contributed by atoms with E-state index in [1.165, 1.54) is 0 Å². The van der Waals surface area contributed by atoms with Gasteiger partial charge in [0.1, 0.15) is 18.4 Å². The summed E-state index contributed by atoms with van der Waals surface area (Å²) in [6, 6.07) is 14.6. The van der Waals surface area contributed by atoms with Crippen LogP contribution in [0.25, 0.3) is 0 Å². The number of aliphatic carboxylic acids is 1. The van der Waals surface area contributed by atoms with E-state index in [4.69, 9.17) is 16.3 Å². The van der Waals surface area contributed by atoms with Gasteiger partial charge in [-0.3, -0.25) is 4.79 Å². The molecule has 134 valence electrons. The average molecular weight is 362 g/mol. The molecule has 1 unspecified atom stereocenters. The van der Waals surface area contributed by atoms with Gasteiger partial charge in [-0.25, -0.2) is 0 Å². The Morgan fingerprint density at radius 2 is 1.96 bits per heavy atom. The molecule has 25 heavy (non-hydrogen) atoms. The van der Waals surface area contributed by atoms with Crippen molar-refractivity contribution < 1.29 is 14.6 Å². The number of nitrogens with one attached hydrogen (secondary N) is 1. The Morgan fingerprint density at radius 3 is 2.64 bits per heavy atom. The van der Waals surface area contributed by atoms with Crippen LogP contribution in [0.4, 0.5) is 0 Å². The fourth-order valence-electron chi connectivity index (χ4n) is 2.55. The molecule has 2 aromatic rings. The highest BCUT2D eigenvalue weighted by Crippen LogP contribution is 2.20. The molecule has 0 aliphatic carbocycles. The molecule has 0 spiro atoms. The first-order valence-corrected chi connectivity index (χ1v) is 8.75. The maximum Gasteiger partial charge on any atom is 0.320 e. The molecule has 0 saturated heterocycles. The van der Waals surface area contributed by atoms with Crippen LogP contribution in [0.2, 0.25) is 5.02 Å². The fraction of sp³-hybridized carbons (Fsp3) is 0.350. The van der Waals surface area contributed by atoms with Crippen LogP contribution in [0.1, 0.15) is 31.4 Å². The van der Waals surface area contributed by atoms with Gasteiger partial charge >= 0.3 is 5.97 Å². The lowest BCUT2D eigenvalue weighted by Gasteiger charge is -2.18. The predicted molar refractivity (Wildman–Crippen MR) is 99.9 cm³/mol. The Kier molecular flexibility index (Phi) is 7.29. The minimum atomic E-state index is -0.828. The van der Waals surface area contributed by atoms with E-state index in [2.05, 4.69) is 5.32 Å². The van der Waals surface area contributed by atoms with Crippen molar-refractivity contribution in [1.82, 2.24) is 5.32 Å². The van der Waals surface area contributed by atoms with Crippen LogP contribution in [0.15, 0.2) is 48.5 Å². The lowest BCUT2D eigenvalue weighted by Crippen LogP contribution is -2.37. The summed E-state index contributed by atoms with van der Waals surface area (Å²) in [7, 11) is 0. The van der Waals surface area contributed by atoms with Gasteiger partial charge in [-0.1, -0.05) is 55.8 Å². The van der Waals surface area contributed by atoms with Gasteiger partial charge in [-0.2, -0.15) is 0 Å². The second kappa shape index (κ2) is 9.44. The van der Waals surface area contributed by atoms with E-state index in [9.17, 15) is 9.90 Å². The molecule has 0 aromatic heterocycles. The van der Waals surface area contributed by atoms with E-state index in [1.807, 2.05) is 62.4 Å². The molecular formula is C20H24ClNO3. The molecule has 0 aliphatic heterocycles. The maximum absolute atomic E-state index is 11.4. The first-order chi connectivity index (χ1) is 12.0. The van der Waals surface area contributed by atoms with Crippen LogP contribution in [0.3, 0.4) is 0 Å². The van der Waals surface area contributed by atoms with Crippen molar-refractivity contribution in [2.45, 2.75) is 39.5 Å². The zero-order valence-electron chi connectivity index (χ0n) is 14.5. The molecule has 0 saturated carbocycles. The van der Waals surface area contributed by atoms with Gasteiger partial charge in [0.25, 0.3) is 0 Å². The van der Waals surface area contributed by atoms with Gasteiger partial charge in [0.2, 0.25) is 0 Å². The number of ether oxygens (including phenoxy) is 1. The molecule has 2 rings (SSSR count). The van der Waals surface area contributed by atoms with Crippen molar-refractivity contribution in [2.24, 2.45) is 5.92 Å². The van der Waals surface area contributed by atoms with Crippen LogP contribution < -0.4 is 10.1 Å². The SMILES string of the molecule is CC(C)CC(NCc1ccccc1OCc1cccc(Cl)c1)C(=O)O. The zero-order chi connectivity index (χ0) is 18.2. The standard InChI is InChI=1S/C20H24ClNO3/c1-14(2)10-18(20(23)24)22-12-16-7-3-4-9-19(16)25-13-15-6-5-8-17(21)11-15/h3-9,11,14,18,22H,10,12-13H2,1-2H3,(H,23,24). The van der Waals surface area contributed by atoms with Crippen molar-refractivity contribution in [3.63, 3.8) is 0 Å². The maximum atomic E-state index is 11.4. The first kappa shape index (κ1) is 19.3. The normalized spacial score (nSPS) is 12.2. The monoisotopic (exact) mass is 361 g/mol. The Hall–Kier alpha value is -2.04. The number of carboxylic acid groups (broad SMARTS) is 1. The smallest absolute Gasteiger partial charge is 0.320 e. The summed E-state index contributed by atoms with van der Waals surface area (Å²) in [6.45, 7) is 4.88. The molecule has 2 N–H and O–H groups in total. The highest BCUT2D eigenvalue weighted by molar-refractivity contribution is 6.30. The van der Waals surface area contributed by atoms with E-state index >= 15 is 0 Å². The van der Waals surface area contributed by atoms with E-state index in [-0.39, 0.29) is 0 Å². The van der Waals surface area contributed by atoms with Gasteiger partial charge in [-0.05, 0) is 36.1 Å². The van der Waals surface area contributed by atoms with Gasteiger partial charge in [0.05, 0.1) is 0 Å². The fourth-order valence-corrected chi connectivity index (χ4v) is 2.77. The topological polar surface area (TPSA) is 58.6 Å². The molecule has 4 nitrogen and oxygen atoms in total. The van der Waals surface area contributed by atoms with Crippen molar-refractivity contribution >= 4 is 17.6 Å². The molecule has 0 aliphatic rings. The number of halogens is 1. The summed E-state index contributed by atoms with van der Waals surface area (Å²) in [5, 5.41) is 13.1. The van der Waals surface area contributed by atoms with Crippen LogP contribution in [0, 0.1) is 5.92 Å². The second-order valence-corrected chi connectivity index (χ2v) is 6.86. The quantitative estimate of drug-likeness (QED) is 0.690. The summed E-state index contributed by atoms with van der Waals surface area (Å²) in [5.41, 5.74) is 1.91. The second-order valence-electron chi connectivity index (χ2n) is 6.43. The van der Waals surface area contributed by atoms with Crippen molar-refractivity contribution in [3.05, 3.63) is 64.7 Å². The third-order valence-electron chi connectivity index (χ3n) is 3.80. The summed E-state index contributed by atoms with van der Waals surface area (Å²) >= 11 is 5.99. The number of hydrogen-bond acceptors (Lipinski definition) is 3. The third-order valence-corrected chi connectivity index (χ3v) is 4.04. The number of hydrogen-bond donors (Lipinski definition) is 2. The molecule has 5 heteroatoms. The highest BCUT2D eigenvalue weighted by Gasteiger charge is 2.18. The van der Waals surface area contributed by atoms with Gasteiger partial charge in [0.15, 0.2) is 0 Å². The van der Waals surface area contributed by atoms with Crippen LogP contribution in [-0.2, 0) is 17.9 Å². The minimum absolute atomic E-state index is 0.308. The summed E-state index contributed by atoms with van der Waals surface area (Å²) in [6.07, 6.45) is 0.584. The van der Waals surface area contributed by atoms with Crippen molar-refractivity contribution in [1.29, 1.82) is 0 Å². The van der Waals surface area contributed by atoms with E-state index in [0.717, 1.165) is 16.9 Å². The van der Waals surface area contributed by atoms with Crippen molar-refractivity contribution in [2.75, 3.05) is 0 Å². The summed E-state index contributed by atoms with van der Waals surface area (Å²) in [5.74, 6) is 0.220. The Morgan fingerprint density at radius 1 is 1.20 bits per heavy atom. The molecular weight excluding hydrogens is 338 g/mol.